The summed E-state index contributed by atoms with van der Waals surface area (Å²) in [5.41, 5.74) is 5.89. The second-order valence-electron chi connectivity index (χ2n) is 12.0. The van der Waals surface area contributed by atoms with E-state index in [-0.39, 0.29) is 27.6 Å². The predicted octanol–water partition coefficient (Wildman–Crippen LogP) is 5.15. The Hall–Kier alpha value is -4.54. The van der Waals surface area contributed by atoms with Gasteiger partial charge in [0, 0.05) is 30.1 Å². The van der Waals surface area contributed by atoms with Gasteiger partial charge in [-0.05, 0) is 87.4 Å². The molecule has 6 aromatic rings. The fourth-order valence-corrected chi connectivity index (χ4v) is 6.92. The van der Waals surface area contributed by atoms with Crippen molar-refractivity contribution >= 4 is 60.7 Å². The molecule has 232 valence electrons. The zero-order valence-corrected chi connectivity index (χ0v) is 25.3. The van der Waals surface area contributed by atoms with Gasteiger partial charge in [0.2, 0.25) is 5.43 Å². The molecule has 8 rings (SSSR count). The summed E-state index contributed by atoms with van der Waals surface area (Å²) < 4.78 is 23.4. The number of carbonyl (C=O) groups excluding carboxylic acids is 1. The number of aromatic nitrogens is 1. The van der Waals surface area contributed by atoms with Crippen molar-refractivity contribution in [1.82, 2.24) is 14.2 Å². The van der Waals surface area contributed by atoms with Gasteiger partial charge in [0.05, 0.1) is 10.9 Å². The SMILES string of the molecule is CCN1CCCC1.NC(=O)c1cn2c3cc4c(cc3oc3c(NCCN5CCCC5)c(F)cc(c1=O)c32)c(=O)c1ccccc14. The van der Waals surface area contributed by atoms with Gasteiger partial charge in [0.15, 0.2) is 22.4 Å². The average Bonchev–Trinajstić information content (AvgIpc) is 3.82. The first kappa shape index (κ1) is 29.2. The zero-order chi connectivity index (χ0) is 31.2. The standard InChI is InChI=1S/C29H23FN4O4.C6H13N/c30-21-11-19-25-28(24(21)32-7-10-33-8-3-4-9-33)38-23-13-18-17(15-5-1-2-6-16(15)26(18)35)12-22(23)34(25)14-20(27(19)36)29(31)37;1-2-7-5-3-4-6-7/h1-2,5-6,11-14,32H,3-4,7-10H2,(H2,31,37);2-6H2,1H3. The molecule has 2 aliphatic rings. The van der Waals surface area contributed by atoms with Gasteiger partial charge in [-0.2, -0.15) is 0 Å². The van der Waals surface area contributed by atoms with Crippen LogP contribution in [0.2, 0.25) is 0 Å². The number of rotatable bonds is 6. The van der Waals surface area contributed by atoms with Crippen LogP contribution in [0.3, 0.4) is 0 Å². The summed E-state index contributed by atoms with van der Waals surface area (Å²) in [6.07, 6.45) is 6.52. The number of pyridine rings is 1. The lowest BCUT2D eigenvalue weighted by Gasteiger charge is -2.18. The van der Waals surface area contributed by atoms with Crippen molar-refractivity contribution in [2.45, 2.75) is 32.6 Å². The molecule has 0 unspecified atom stereocenters. The maximum Gasteiger partial charge on any atom is 0.254 e. The summed E-state index contributed by atoms with van der Waals surface area (Å²) >= 11 is 0. The Kier molecular flexibility index (Phi) is 7.63. The Bertz CT molecular complexity index is 2200. The van der Waals surface area contributed by atoms with E-state index in [4.69, 9.17) is 10.2 Å². The fraction of sp³-hybridized carbons (Fsp3) is 0.343. The van der Waals surface area contributed by atoms with E-state index >= 15 is 4.39 Å². The minimum absolute atomic E-state index is 0.0125. The van der Waals surface area contributed by atoms with Crippen molar-refractivity contribution in [2.75, 3.05) is 51.1 Å². The van der Waals surface area contributed by atoms with E-state index in [9.17, 15) is 14.4 Å². The van der Waals surface area contributed by atoms with Gasteiger partial charge in [0.1, 0.15) is 16.8 Å². The maximum atomic E-state index is 15.5. The number of fused-ring (bicyclic) bond motifs is 5. The molecule has 10 heteroatoms. The molecule has 0 saturated carbocycles. The van der Waals surface area contributed by atoms with Gasteiger partial charge in [-0.25, -0.2) is 4.39 Å². The van der Waals surface area contributed by atoms with Gasteiger partial charge in [-0.15, -0.1) is 0 Å². The van der Waals surface area contributed by atoms with E-state index < -0.39 is 17.2 Å². The zero-order valence-electron chi connectivity index (χ0n) is 25.3. The highest BCUT2D eigenvalue weighted by molar-refractivity contribution is 6.15. The largest absolute Gasteiger partial charge is 0.451 e. The molecular weight excluding hydrogens is 573 g/mol. The second kappa shape index (κ2) is 11.8. The number of halogens is 1. The number of nitrogens with zero attached hydrogens (tertiary/aromatic N) is 3. The number of anilines is 1. The lowest BCUT2D eigenvalue weighted by Crippen LogP contribution is -2.26. The summed E-state index contributed by atoms with van der Waals surface area (Å²) in [6, 6.07) is 11.9. The lowest BCUT2D eigenvalue weighted by atomic mass is 10.1. The topological polar surface area (TPSA) is 113 Å². The first-order valence-electron chi connectivity index (χ1n) is 15.8. The van der Waals surface area contributed by atoms with Crippen LogP contribution in [0, 0.1) is 5.82 Å². The average molecular weight is 610 g/mol. The van der Waals surface area contributed by atoms with Crippen molar-refractivity contribution < 1.29 is 13.6 Å². The van der Waals surface area contributed by atoms with Crippen molar-refractivity contribution in [2.24, 2.45) is 5.73 Å². The summed E-state index contributed by atoms with van der Waals surface area (Å²) in [4.78, 5) is 43.3. The molecule has 2 fully saturated rings. The molecule has 45 heavy (non-hydrogen) atoms. The highest BCUT2D eigenvalue weighted by atomic mass is 19.1. The van der Waals surface area contributed by atoms with E-state index in [0.717, 1.165) is 49.3 Å². The van der Waals surface area contributed by atoms with Crippen molar-refractivity contribution in [3.63, 3.8) is 0 Å². The molecule has 3 N–H and O–H groups in total. The highest BCUT2D eigenvalue weighted by Gasteiger charge is 2.23. The summed E-state index contributed by atoms with van der Waals surface area (Å²) in [5.74, 6) is -1.59. The Labute approximate surface area is 258 Å². The van der Waals surface area contributed by atoms with Crippen LogP contribution in [-0.4, -0.2) is 65.9 Å². The van der Waals surface area contributed by atoms with Gasteiger partial charge in [-0.1, -0.05) is 31.2 Å². The van der Waals surface area contributed by atoms with Gasteiger partial charge in [0.25, 0.3) is 5.91 Å². The van der Waals surface area contributed by atoms with Crippen molar-refractivity contribution in [3.8, 4) is 0 Å². The van der Waals surface area contributed by atoms with E-state index in [1.807, 2.05) is 18.2 Å². The first-order chi connectivity index (χ1) is 21.9. The molecule has 2 saturated heterocycles. The first-order valence-corrected chi connectivity index (χ1v) is 15.8. The molecule has 2 aliphatic heterocycles. The number of hydrogen-bond acceptors (Lipinski definition) is 7. The molecule has 2 aromatic heterocycles. The van der Waals surface area contributed by atoms with Crippen LogP contribution in [0.4, 0.5) is 10.1 Å². The molecule has 0 radical (unpaired) electrons. The Balaban J connectivity index is 0.000000412. The predicted molar refractivity (Wildman–Crippen MR) is 177 cm³/mol. The number of primary amides is 1. The number of nitrogens with one attached hydrogen (secondary N) is 1. The van der Waals surface area contributed by atoms with Crippen molar-refractivity contribution in [3.05, 3.63) is 80.5 Å². The molecule has 1 amide bonds. The van der Waals surface area contributed by atoms with Gasteiger partial charge < -0.3 is 29.7 Å². The minimum Gasteiger partial charge on any atom is -0.451 e. The Morgan fingerprint density at radius 1 is 0.889 bits per heavy atom. The van der Waals surface area contributed by atoms with Crippen LogP contribution in [0.25, 0.3) is 49.1 Å². The third-order valence-corrected chi connectivity index (χ3v) is 9.31. The number of hydrogen-bond donors (Lipinski definition) is 2. The third-order valence-electron chi connectivity index (χ3n) is 9.31. The summed E-state index contributed by atoms with van der Waals surface area (Å²) in [6.45, 7) is 9.40. The summed E-state index contributed by atoms with van der Waals surface area (Å²) in [7, 11) is 0. The molecule has 0 spiro atoms. The van der Waals surface area contributed by atoms with Crippen LogP contribution in [0.15, 0.2) is 62.7 Å². The molecule has 4 heterocycles. The van der Waals surface area contributed by atoms with Gasteiger partial charge >= 0.3 is 0 Å². The molecular formula is C35H36FN5O4. The minimum atomic E-state index is -0.912. The molecule has 0 bridgehead atoms. The van der Waals surface area contributed by atoms with E-state index in [2.05, 4.69) is 22.0 Å². The van der Waals surface area contributed by atoms with Crippen LogP contribution in [-0.2, 0) is 0 Å². The highest BCUT2D eigenvalue weighted by Crippen LogP contribution is 2.36. The number of nitrogens with two attached hydrogens (primary N) is 1. The number of carbonyl (C=O) groups is 1. The van der Waals surface area contributed by atoms with E-state index in [1.165, 1.54) is 38.7 Å². The molecule has 9 nitrogen and oxygen atoms in total. The monoisotopic (exact) mass is 609 g/mol. The molecule has 0 atom stereocenters. The van der Waals surface area contributed by atoms with Crippen LogP contribution in [0.1, 0.15) is 43.0 Å². The van der Waals surface area contributed by atoms with E-state index in [1.54, 1.807) is 22.6 Å². The quantitative estimate of drug-likeness (QED) is 0.198. The van der Waals surface area contributed by atoms with Crippen LogP contribution < -0.4 is 21.9 Å². The van der Waals surface area contributed by atoms with Crippen molar-refractivity contribution in [1.29, 1.82) is 0 Å². The van der Waals surface area contributed by atoms with E-state index in [0.29, 0.717) is 33.9 Å². The molecule has 4 aromatic carbocycles. The summed E-state index contributed by atoms with van der Waals surface area (Å²) in [5, 5.41) is 5.71. The second-order valence-corrected chi connectivity index (χ2v) is 12.0. The van der Waals surface area contributed by atoms with Crippen LogP contribution >= 0.6 is 0 Å². The van der Waals surface area contributed by atoms with Gasteiger partial charge in [-0.3, -0.25) is 14.4 Å². The number of benzene rings is 3. The number of likely N-dealkylation sites (tertiary alicyclic amines) is 2. The maximum absolute atomic E-state index is 15.5. The Morgan fingerprint density at radius 3 is 2.24 bits per heavy atom. The lowest BCUT2D eigenvalue weighted by molar-refractivity contribution is 0.0999. The number of amides is 1. The molecule has 0 aliphatic carbocycles. The normalized spacial score (nSPS) is 16.0. The third kappa shape index (κ3) is 5.07. The Morgan fingerprint density at radius 2 is 1.58 bits per heavy atom. The van der Waals surface area contributed by atoms with Crippen LogP contribution in [0.5, 0.6) is 0 Å². The fourth-order valence-electron chi connectivity index (χ4n) is 6.92. The smallest absolute Gasteiger partial charge is 0.254 e.